The predicted molar refractivity (Wildman–Crippen MR) is 72.1 cm³/mol. The van der Waals surface area contributed by atoms with Crippen LogP contribution in [0, 0.1) is 0 Å². The molecule has 1 aromatic carbocycles. The molecule has 0 aliphatic carbocycles. The smallest absolute Gasteiger partial charge is 0.139 e. The summed E-state index contributed by atoms with van der Waals surface area (Å²) < 4.78 is 0.878. The zero-order valence-corrected chi connectivity index (χ0v) is 12.1. The Labute approximate surface area is 110 Å². The van der Waals surface area contributed by atoms with Gasteiger partial charge in [-0.05, 0) is 32.4 Å². The van der Waals surface area contributed by atoms with Crippen molar-refractivity contribution in [2.45, 2.75) is 39.3 Å². The molecule has 2 unspecified atom stereocenters. The lowest BCUT2D eigenvalue weighted by Gasteiger charge is -2.20. The molecule has 0 heterocycles. The lowest BCUT2D eigenvalue weighted by atomic mass is 10.1. The van der Waals surface area contributed by atoms with E-state index < -0.39 is 0 Å². The van der Waals surface area contributed by atoms with Gasteiger partial charge in [0.05, 0.1) is 5.02 Å². The maximum absolute atomic E-state index is 9.89. The van der Waals surface area contributed by atoms with Crippen LogP contribution < -0.4 is 5.32 Å². The molecule has 1 aromatic rings. The highest BCUT2D eigenvalue weighted by molar-refractivity contribution is 9.10. The fraction of sp³-hybridized carbons (Fsp3) is 0.500. The zero-order valence-electron chi connectivity index (χ0n) is 9.72. The van der Waals surface area contributed by atoms with Crippen molar-refractivity contribution in [2.75, 3.05) is 0 Å². The minimum absolute atomic E-state index is 0.0740. The molecule has 0 spiro atoms. The highest BCUT2D eigenvalue weighted by Gasteiger charge is 2.15. The van der Waals surface area contributed by atoms with Crippen molar-refractivity contribution < 1.29 is 5.11 Å². The normalized spacial score (nSPS) is 14.8. The Hall–Kier alpha value is -0.250. The van der Waals surface area contributed by atoms with Gasteiger partial charge in [-0.3, -0.25) is 0 Å². The van der Waals surface area contributed by atoms with Crippen LogP contribution in [-0.4, -0.2) is 11.1 Å². The molecule has 2 atom stereocenters. The average molecular weight is 307 g/mol. The van der Waals surface area contributed by atoms with Gasteiger partial charge in [-0.1, -0.05) is 34.5 Å². The molecule has 90 valence electrons. The third-order valence-corrected chi connectivity index (χ3v) is 3.42. The van der Waals surface area contributed by atoms with Gasteiger partial charge in [-0.25, -0.2) is 0 Å². The van der Waals surface area contributed by atoms with E-state index in [1.54, 1.807) is 6.07 Å². The zero-order chi connectivity index (χ0) is 12.3. The third-order valence-electron chi connectivity index (χ3n) is 2.67. The van der Waals surface area contributed by atoms with Crippen LogP contribution in [0.25, 0.3) is 0 Å². The van der Waals surface area contributed by atoms with Crippen LogP contribution in [0.5, 0.6) is 5.75 Å². The third kappa shape index (κ3) is 3.37. The van der Waals surface area contributed by atoms with Gasteiger partial charge in [0.2, 0.25) is 0 Å². The van der Waals surface area contributed by atoms with E-state index in [1.807, 2.05) is 13.0 Å². The summed E-state index contributed by atoms with van der Waals surface area (Å²) in [6.45, 7) is 6.26. The van der Waals surface area contributed by atoms with Gasteiger partial charge < -0.3 is 10.4 Å². The molecule has 16 heavy (non-hydrogen) atoms. The summed E-state index contributed by atoms with van der Waals surface area (Å²) in [5, 5.41) is 13.7. The Morgan fingerprint density at radius 1 is 1.44 bits per heavy atom. The monoisotopic (exact) mass is 305 g/mol. The second kappa shape index (κ2) is 5.89. The number of halogens is 2. The first-order chi connectivity index (χ1) is 7.45. The van der Waals surface area contributed by atoms with Crippen LogP contribution in [0.1, 0.15) is 38.8 Å². The maximum Gasteiger partial charge on any atom is 0.139 e. The molecule has 0 saturated carbocycles. The summed E-state index contributed by atoms with van der Waals surface area (Å²) in [6.07, 6.45) is 1.05. The number of aromatic hydroxyl groups is 1. The number of rotatable bonds is 4. The summed E-state index contributed by atoms with van der Waals surface area (Å²) in [5.74, 6) is 0.160. The van der Waals surface area contributed by atoms with Crippen LogP contribution in [0.2, 0.25) is 5.02 Å². The van der Waals surface area contributed by atoms with E-state index in [-0.39, 0.29) is 11.8 Å². The minimum Gasteiger partial charge on any atom is -0.506 e. The average Bonchev–Trinajstić information content (AvgIpc) is 2.22. The van der Waals surface area contributed by atoms with Gasteiger partial charge in [0.1, 0.15) is 5.75 Å². The molecule has 2 N–H and O–H groups in total. The molecule has 0 saturated heterocycles. The Morgan fingerprint density at radius 3 is 2.62 bits per heavy atom. The summed E-state index contributed by atoms with van der Waals surface area (Å²) in [6, 6.07) is 4.06. The summed E-state index contributed by atoms with van der Waals surface area (Å²) >= 11 is 9.30. The molecule has 0 aliphatic heterocycles. The first-order valence-electron chi connectivity index (χ1n) is 5.39. The standard InChI is InChI=1S/C12H17BrClNO/c1-4-7(2)15-8(3)10-5-9(13)6-11(14)12(10)16/h5-8,15-16H,4H2,1-3H3. The number of hydrogen-bond acceptors (Lipinski definition) is 2. The first-order valence-corrected chi connectivity index (χ1v) is 6.56. The number of phenols is 1. The van der Waals surface area contributed by atoms with E-state index in [4.69, 9.17) is 11.6 Å². The largest absolute Gasteiger partial charge is 0.506 e. The lowest BCUT2D eigenvalue weighted by molar-refractivity contribution is 0.430. The van der Waals surface area contributed by atoms with Crippen molar-refractivity contribution in [1.82, 2.24) is 5.32 Å². The number of benzene rings is 1. The number of nitrogens with one attached hydrogen (secondary N) is 1. The van der Waals surface area contributed by atoms with E-state index in [0.717, 1.165) is 16.5 Å². The van der Waals surface area contributed by atoms with Gasteiger partial charge in [0.25, 0.3) is 0 Å². The molecular weight excluding hydrogens is 289 g/mol. The molecular formula is C12H17BrClNO. The molecule has 0 bridgehead atoms. The van der Waals surface area contributed by atoms with Gasteiger partial charge in [-0.15, -0.1) is 0 Å². The van der Waals surface area contributed by atoms with Crippen molar-refractivity contribution in [3.8, 4) is 5.75 Å². The van der Waals surface area contributed by atoms with Crippen LogP contribution in [0.4, 0.5) is 0 Å². The predicted octanol–water partition coefficient (Wildman–Crippen LogP) is 4.26. The fourth-order valence-electron chi connectivity index (χ4n) is 1.55. The van der Waals surface area contributed by atoms with Crippen LogP contribution >= 0.6 is 27.5 Å². The summed E-state index contributed by atoms with van der Waals surface area (Å²) in [4.78, 5) is 0. The van der Waals surface area contributed by atoms with E-state index in [2.05, 4.69) is 35.1 Å². The fourth-order valence-corrected chi connectivity index (χ4v) is 2.38. The van der Waals surface area contributed by atoms with Gasteiger partial charge in [0.15, 0.2) is 0 Å². The maximum atomic E-state index is 9.89. The molecule has 0 fully saturated rings. The molecule has 0 aliphatic rings. The first kappa shape index (κ1) is 13.8. The van der Waals surface area contributed by atoms with Crippen molar-refractivity contribution in [2.24, 2.45) is 0 Å². The summed E-state index contributed by atoms with van der Waals surface area (Å²) in [7, 11) is 0. The molecule has 2 nitrogen and oxygen atoms in total. The topological polar surface area (TPSA) is 32.3 Å². The molecule has 0 aromatic heterocycles. The van der Waals surface area contributed by atoms with Crippen molar-refractivity contribution >= 4 is 27.5 Å². The van der Waals surface area contributed by atoms with Crippen LogP contribution in [-0.2, 0) is 0 Å². The number of phenolic OH excluding ortho intramolecular Hbond substituents is 1. The van der Waals surface area contributed by atoms with Crippen molar-refractivity contribution in [1.29, 1.82) is 0 Å². The highest BCUT2D eigenvalue weighted by atomic mass is 79.9. The highest BCUT2D eigenvalue weighted by Crippen LogP contribution is 2.34. The van der Waals surface area contributed by atoms with E-state index in [1.165, 1.54) is 0 Å². The SMILES string of the molecule is CCC(C)NC(C)c1cc(Br)cc(Cl)c1O. The van der Waals surface area contributed by atoms with Gasteiger partial charge in [0, 0.05) is 22.1 Å². The molecule has 0 radical (unpaired) electrons. The van der Waals surface area contributed by atoms with E-state index >= 15 is 0 Å². The van der Waals surface area contributed by atoms with Gasteiger partial charge in [-0.2, -0.15) is 0 Å². The van der Waals surface area contributed by atoms with Crippen LogP contribution in [0.3, 0.4) is 0 Å². The Balaban J connectivity index is 2.94. The molecule has 4 heteroatoms. The lowest BCUT2D eigenvalue weighted by Crippen LogP contribution is -2.28. The van der Waals surface area contributed by atoms with Crippen molar-refractivity contribution in [3.63, 3.8) is 0 Å². The second-order valence-electron chi connectivity index (χ2n) is 4.02. The Morgan fingerprint density at radius 2 is 2.06 bits per heavy atom. The number of hydrogen-bond donors (Lipinski definition) is 2. The van der Waals surface area contributed by atoms with E-state index in [9.17, 15) is 5.11 Å². The quantitative estimate of drug-likeness (QED) is 0.871. The summed E-state index contributed by atoms with van der Waals surface area (Å²) in [5.41, 5.74) is 0.819. The minimum atomic E-state index is 0.0740. The van der Waals surface area contributed by atoms with Crippen LogP contribution in [0.15, 0.2) is 16.6 Å². The van der Waals surface area contributed by atoms with Crippen molar-refractivity contribution in [3.05, 3.63) is 27.2 Å². The second-order valence-corrected chi connectivity index (χ2v) is 5.35. The molecule has 0 amide bonds. The molecule has 1 rings (SSSR count). The van der Waals surface area contributed by atoms with Gasteiger partial charge >= 0.3 is 0 Å². The Kier molecular flexibility index (Phi) is 5.09. The van der Waals surface area contributed by atoms with E-state index in [0.29, 0.717) is 11.1 Å². The Bertz CT molecular complexity index is 370.